The summed E-state index contributed by atoms with van der Waals surface area (Å²) in [5, 5.41) is 6.35. The minimum atomic E-state index is -3.98. The molecule has 0 fully saturated rings. The number of amides is 1. The van der Waals surface area contributed by atoms with Gasteiger partial charge in [0, 0.05) is 16.1 Å². The Morgan fingerprint density at radius 3 is 2.61 bits per heavy atom. The van der Waals surface area contributed by atoms with Crippen LogP contribution in [0.5, 0.6) is 0 Å². The van der Waals surface area contributed by atoms with Crippen LogP contribution in [0.25, 0.3) is 11.4 Å². The van der Waals surface area contributed by atoms with Gasteiger partial charge in [0.05, 0.1) is 18.5 Å². The monoisotopic (exact) mass is 514 g/mol. The molecule has 0 aliphatic heterocycles. The number of carbonyl (C=O) groups is 1. The fraction of sp³-hybridized carbons (Fsp3) is 0.211. The van der Waals surface area contributed by atoms with Crippen LogP contribution < -0.4 is 9.62 Å². The summed E-state index contributed by atoms with van der Waals surface area (Å²) in [5.41, 5.74) is 0.518. The van der Waals surface area contributed by atoms with Gasteiger partial charge in [-0.2, -0.15) is 4.98 Å². The number of nitrogens with zero attached hydrogens (tertiary/aromatic N) is 3. The van der Waals surface area contributed by atoms with Gasteiger partial charge in [-0.1, -0.05) is 33.2 Å². The van der Waals surface area contributed by atoms with Crippen molar-refractivity contribution in [1.29, 1.82) is 0 Å². The number of benzene rings is 2. The van der Waals surface area contributed by atoms with Crippen LogP contribution in [-0.4, -0.2) is 36.8 Å². The highest BCUT2D eigenvalue weighted by atomic mass is 79.9. The van der Waals surface area contributed by atoms with Crippen LogP contribution in [0.4, 0.5) is 14.5 Å². The Kier molecular flexibility index (Phi) is 6.70. The van der Waals surface area contributed by atoms with Crippen molar-refractivity contribution in [3.8, 4) is 11.4 Å². The van der Waals surface area contributed by atoms with Gasteiger partial charge in [0.15, 0.2) is 11.6 Å². The second kappa shape index (κ2) is 9.10. The molecule has 0 aliphatic rings. The lowest BCUT2D eigenvalue weighted by atomic mass is 10.2. The molecule has 1 heterocycles. The van der Waals surface area contributed by atoms with Crippen molar-refractivity contribution >= 4 is 37.5 Å². The van der Waals surface area contributed by atoms with Crippen molar-refractivity contribution < 1.29 is 26.5 Å². The third-order valence-corrected chi connectivity index (χ3v) is 5.95. The second-order valence-corrected chi connectivity index (χ2v) is 9.35. The summed E-state index contributed by atoms with van der Waals surface area (Å²) >= 11 is 3.35. The molecule has 0 saturated heterocycles. The average Bonchev–Trinajstić information content (AvgIpc) is 3.17. The molecule has 0 radical (unpaired) electrons. The highest BCUT2D eigenvalue weighted by molar-refractivity contribution is 9.10. The molecule has 0 saturated carbocycles. The van der Waals surface area contributed by atoms with Gasteiger partial charge >= 0.3 is 0 Å². The van der Waals surface area contributed by atoms with E-state index in [1.165, 1.54) is 6.92 Å². The van der Waals surface area contributed by atoms with Gasteiger partial charge in [-0.3, -0.25) is 9.10 Å². The summed E-state index contributed by atoms with van der Waals surface area (Å²) in [4.78, 5) is 16.8. The molecule has 0 aliphatic carbocycles. The zero-order chi connectivity index (χ0) is 22.8. The van der Waals surface area contributed by atoms with Crippen molar-refractivity contribution in [2.45, 2.75) is 19.5 Å². The van der Waals surface area contributed by atoms with E-state index < -0.39 is 33.6 Å². The normalized spacial score (nSPS) is 12.4. The zero-order valence-electron chi connectivity index (χ0n) is 16.3. The van der Waals surface area contributed by atoms with Crippen molar-refractivity contribution in [1.82, 2.24) is 15.5 Å². The lowest BCUT2D eigenvalue weighted by Gasteiger charge is -2.28. The minimum absolute atomic E-state index is 0.106. The molecule has 164 valence electrons. The first kappa shape index (κ1) is 22.8. The average molecular weight is 515 g/mol. The first-order valence-corrected chi connectivity index (χ1v) is 11.5. The fourth-order valence-electron chi connectivity index (χ4n) is 2.81. The molecule has 1 N–H and O–H groups in total. The molecular weight excluding hydrogens is 498 g/mol. The molecule has 1 amide bonds. The maximum absolute atomic E-state index is 13.6. The number of nitrogens with one attached hydrogen (secondary N) is 1. The van der Waals surface area contributed by atoms with Gasteiger partial charge in [-0.15, -0.1) is 0 Å². The first-order chi connectivity index (χ1) is 14.6. The van der Waals surface area contributed by atoms with Crippen LogP contribution >= 0.6 is 15.9 Å². The van der Waals surface area contributed by atoms with E-state index in [9.17, 15) is 22.0 Å². The smallest absolute Gasteiger partial charge is 0.246 e. The zero-order valence-corrected chi connectivity index (χ0v) is 18.7. The number of hydrogen-bond donors (Lipinski definition) is 1. The van der Waals surface area contributed by atoms with Gasteiger partial charge in [0.1, 0.15) is 6.04 Å². The standard InChI is InChI=1S/C19H17BrF2N4O4S/c1-11(26(31(2,28)29)14-6-7-15(21)16(22)9-14)19(27)23-10-17-24-18(25-30-17)12-4-3-5-13(20)8-12/h3-9,11H,10H2,1-2H3,(H,23,27)/t11-/m1/s1. The quantitative estimate of drug-likeness (QED) is 0.518. The van der Waals surface area contributed by atoms with E-state index in [4.69, 9.17) is 4.52 Å². The van der Waals surface area contributed by atoms with E-state index in [1.54, 1.807) is 18.2 Å². The van der Waals surface area contributed by atoms with Crippen LogP contribution in [0.3, 0.4) is 0 Å². The lowest BCUT2D eigenvalue weighted by molar-refractivity contribution is -0.122. The number of rotatable bonds is 7. The largest absolute Gasteiger partial charge is 0.345 e. The van der Waals surface area contributed by atoms with Crippen molar-refractivity contribution in [3.63, 3.8) is 0 Å². The Morgan fingerprint density at radius 1 is 1.23 bits per heavy atom. The summed E-state index contributed by atoms with van der Waals surface area (Å²) in [6, 6.07) is 8.53. The Hall–Kier alpha value is -2.86. The number of halogens is 3. The highest BCUT2D eigenvalue weighted by Crippen LogP contribution is 2.23. The maximum atomic E-state index is 13.6. The number of carbonyl (C=O) groups excluding carboxylic acids is 1. The Balaban J connectivity index is 1.73. The van der Waals surface area contributed by atoms with Crippen LogP contribution in [0, 0.1) is 11.6 Å². The summed E-state index contributed by atoms with van der Waals surface area (Å²) < 4.78 is 57.9. The van der Waals surface area contributed by atoms with Crippen molar-refractivity contribution in [2.24, 2.45) is 0 Å². The molecule has 12 heteroatoms. The van der Waals surface area contributed by atoms with Crippen LogP contribution in [0.15, 0.2) is 51.5 Å². The highest BCUT2D eigenvalue weighted by Gasteiger charge is 2.30. The molecule has 3 rings (SSSR count). The van der Waals surface area contributed by atoms with E-state index in [2.05, 4.69) is 31.4 Å². The van der Waals surface area contributed by atoms with E-state index in [-0.39, 0.29) is 18.1 Å². The predicted molar refractivity (Wildman–Crippen MR) is 112 cm³/mol. The van der Waals surface area contributed by atoms with Crippen molar-refractivity contribution in [3.05, 3.63) is 64.5 Å². The van der Waals surface area contributed by atoms with Gasteiger partial charge in [-0.25, -0.2) is 17.2 Å². The summed E-state index contributed by atoms with van der Waals surface area (Å²) in [7, 11) is -3.98. The van der Waals surface area contributed by atoms with Crippen LogP contribution in [0.1, 0.15) is 12.8 Å². The molecule has 1 atom stereocenters. The molecule has 2 aromatic carbocycles. The predicted octanol–water partition coefficient (Wildman–Crippen LogP) is 3.25. The summed E-state index contributed by atoms with van der Waals surface area (Å²) in [5.74, 6) is -2.64. The molecule has 3 aromatic rings. The summed E-state index contributed by atoms with van der Waals surface area (Å²) in [6.45, 7) is 1.16. The van der Waals surface area contributed by atoms with E-state index in [0.717, 1.165) is 22.9 Å². The van der Waals surface area contributed by atoms with Gasteiger partial charge < -0.3 is 9.84 Å². The molecule has 1 aromatic heterocycles. The van der Waals surface area contributed by atoms with Crippen molar-refractivity contribution in [2.75, 3.05) is 10.6 Å². The lowest BCUT2D eigenvalue weighted by Crippen LogP contribution is -2.47. The third kappa shape index (κ3) is 5.44. The number of aromatic nitrogens is 2. The summed E-state index contributed by atoms with van der Waals surface area (Å²) in [6.07, 6.45) is 0.861. The first-order valence-electron chi connectivity index (χ1n) is 8.87. The molecular formula is C19H17BrF2N4O4S. The molecule has 0 unspecified atom stereocenters. The Bertz CT molecular complexity index is 1220. The van der Waals surface area contributed by atoms with E-state index in [0.29, 0.717) is 21.8 Å². The van der Waals surface area contributed by atoms with E-state index in [1.807, 2.05) is 6.07 Å². The van der Waals surface area contributed by atoms with Crippen LogP contribution in [-0.2, 0) is 21.4 Å². The second-order valence-electron chi connectivity index (χ2n) is 6.57. The minimum Gasteiger partial charge on any atom is -0.345 e. The van der Waals surface area contributed by atoms with Gasteiger partial charge in [0.2, 0.25) is 27.6 Å². The maximum Gasteiger partial charge on any atom is 0.246 e. The van der Waals surface area contributed by atoms with Gasteiger partial charge in [-0.05, 0) is 31.2 Å². The Labute approximate surface area is 185 Å². The number of sulfonamides is 1. The molecule has 0 spiro atoms. The topological polar surface area (TPSA) is 105 Å². The third-order valence-electron chi connectivity index (χ3n) is 4.21. The Morgan fingerprint density at radius 2 is 1.97 bits per heavy atom. The van der Waals surface area contributed by atoms with Gasteiger partial charge in [0.25, 0.3) is 0 Å². The fourth-order valence-corrected chi connectivity index (χ4v) is 4.38. The SMILES string of the molecule is C[C@H](C(=O)NCc1nc(-c2cccc(Br)c2)no1)N(c1ccc(F)c(F)c1)S(C)(=O)=O. The van der Waals surface area contributed by atoms with E-state index >= 15 is 0 Å². The molecule has 8 nitrogen and oxygen atoms in total. The molecule has 0 bridgehead atoms. The number of hydrogen-bond acceptors (Lipinski definition) is 6. The molecule has 31 heavy (non-hydrogen) atoms. The number of anilines is 1. The van der Waals surface area contributed by atoms with Crippen LogP contribution in [0.2, 0.25) is 0 Å².